The van der Waals surface area contributed by atoms with Gasteiger partial charge in [-0.2, -0.15) is 5.10 Å². The van der Waals surface area contributed by atoms with E-state index in [-0.39, 0.29) is 0 Å². The molecule has 0 unspecified atom stereocenters. The van der Waals surface area contributed by atoms with Crippen LogP contribution < -0.4 is 5.43 Å². The molecule has 0 spiro atoms. The molecule has 0 aromatic carbocycles. The van der Waals surface area contributed by atoms with E-state index >= 15 is 0 Å². The summed E-state index contributed by atoms with van der Waals surface area (Å²) in [7, 11) is 4.16. The van der Waals surface area contributed by atoms with Gasteiger partial charge in [-0.1, -0.05) is 0 Å². The van der Waals surface area contributed by atoms with E-state index in [9.17, 15) is 0 Å². The van der Waals surface area contributed by atoms with Crippen molar-refractivity contribution in [3.8, 4) is 0 Å². The van der Waals surface area contributed by atoms with Crippen molar-refractivity contribution in [1.82, 2.24) is 25.1 Å². The second kappa shape index (κ2) is 4.95. The lowest BCUT2D eigenvalue weighted by Gasteiger charge is -2.32. The third kappa shape index (κ3) is 2.81. The number of piperazine rings is 1. The van der Waals surface area contributed by atoms with Gasteiger partial charge in [0, 0.05) is 33.2 Å². The zero-order chi connectivity index (χ0) is 11.5. The Bertz CT molecular complexity index is 338. The molecule has 2 heterocycles. The predicted octanol–water partition coefficient (Wildman–Crippen LogP) is -0.0195. The summed E-state index contributed by atoms with van der Waals surface area (Å²) >= 11 is 0. The Morgan fingerprint density at radius 1 is 1.25 bits per heavy atom. The minimum absolute atomic E-state index is 0.862. The summed E-state index contributed by atoms with van der Waals surface area (Å²) < 4.78 is 1.94. The number of hydrogen-bond acceptors (Lipinski definition) is 4. The van der Waals surface area contributed by atoms with Crippen molar-refractivity contribution < 1.29 is 0 Å². The number of rotatable bonds is 3. The minimum atomic E-state index is 0.862. The fraction of sp³-hybridized carbons (Fsp3) is 0.727. The van der Waals surface area contributed by atoms with E-state index in [0.29, 0.717) is 0 Å². The van der Waals surface area contributed by atoms with Gasteiger partial charge in [-0.25, -0.2) is 10.4 Å². The van der Waals surface area contributed by atoms with Gasteiger partial charge in [0.2, 0.25) is 0 Å². The average Bonchev–Trinajstić information content (AvgIpc) is 2.57. The van der Waals surface area contributed by atoms with Crippen LogP contribution in [-0.4, -0.2) is 52.9 Å². The number of nitrogens with zero attached hydrogens (tertiary/aromatic N) is 4. The second-order valence-electron chi connectivity index (χ2n) is 4.53. The van der Waals surface area contributed by atoms with Gasteiger partial charge < -0.3 is 4.90 Å². The van der Waals surface area contributed by atoms with Crippen LogP contribution in [0.4, 0.5) is 0 Å². The SMILES string of the molecule is Cc1cc(CNN2CCN(C)CC2)n(C)n1. The fourth-order valence-corrected chi connectivity index (χ4v) is 1.99. The molecule has 0 bridgehead atoms. The van der Waals surface area contributed by atoms with Crippen LogP contribution in [0.25, 0.3) is 0 Å². The maximum absolute atomic E-state index is 4.34. The van der Waals surface area contributed by atoms with Gasteiger partial charge in [-0.3, -0.25) is 4.68 Å². The lowest BCUT2D eigenvalue weighted by molar-refractivity contribution is 0.101. The lowest BCUT2D eigenvalue weighted by Crippen LogP contribution is -2.50. The van der Waals surface area contributed by atoms with E-state index in [4.69, 9.17) is 0 Å². The highest BCUT2D eigenvalue weighted by atomic mass is 15.5. The van der Waals surface area contributed by atoms with Gasteiger partial charge >= 0.3 is 0 Å². The quantitative estimate of drug-likeness (QED) is 0.781. The van der Waals surface area contributed by atoms with Gasteiger partial charge in [0.05, 0.1) is 17.9 Å². The standard InChI is InChI=1S/C11H21N5/c1-10-8-11(15(3)13-10)9-12-16-6-4-14(2)5-7-16/h8,12H,4-7,9H2,1-3H3. The molecule has 1 aromatic rings. The number of aromatic nitrogens is 2. The topological polar surface area (TPSA) is 36.3 Å². The monoisotopic (exact) mass is 223 g/mol. The molecular formula is C11H21N5. The Balaban J connectivity index is 1.81. The van der Waals surface area contributed by atoms with Crippen molar-refractivity contribution in [2.45, 2.75) is 13.5 Å². The van der Waals surface area contributed by atoms with Crippen LogP contribution in [0.2, 0.25) is 0 Å². The smallest absolute Gasteiger partial charge is 0.0597 e. The van der Waals surface area contributed by atoms with Crippen molar-refractivity contribution in [2.75, 3.05) is 33.2 Å². The van der Waals surface area contributed by atoms with E-state index in [1.807, 2.05) is 18.7 Å². The molecule has 1 saturated heterocycles. The summed E-state index contributed by atoms with van der Waals surface area (Å²) in [4.78, 5) is 2.35. The number of nitrogens with one attached hydrogen (secondary N) is 1. The van der Waals surface area contributed by atoms with Crippen LogP contribution in [0.15, 0.2) is 6.07 Å². The Labute approximate surface area is 97.0 Å². The second-order valence-corrected chi connectivity index (χ2v) is 4.53. The van der Waals surface area contributed by atoms with E-state index in [1.54, 1.807) is 0 Å². The van der Waals surface area contributed by atoms with Gasteiger partial charge in [0.15, 0.2) is 0 Å². The minimum Gasteiger partial charge on any atom is -0.304 e. The average molecular weight is 223 g/mol. The highest BCUT2D eigenvalue weighted by Crippen LogP contribution is 2.02. The highest BCUT2D eigenvalue weighted by molar-refractivity contribution is 5.07. The maximum Gasteiger partial charge on any atom is 0.0597 e. The lowest BCUT2D eigenvalue weighted by atomic mass is 10.3. The molecule has 2 rings (SSSR count). The summed E-state index contributed by atoms with van der Waals surface area (Å²) in [6, 6.07) is 2.13. The molecule has 0 radical (unpaired) electrons. The Morgan fingerprint density at radius 2 is 1.94 bits per heavy atom. The first-order chi connectivity index (χ1) is 7.65. The Kier molecular flexibility index (Phi) is 3.58. The van der Waals surface area contributed by atoms with Crippen LogP contribution in [0, 0.1) is 6.92 Å². The molecular weight excluding hydrogens is 202 g/mol. The highest BCUT2D eigenvalue weighted by Gasteiger charge is 2.13. The third-order valence-corrected chi connectivity index (χ3v) is 3.09. The molecule has 0 saturated carbocycles. The molecule has 1 N–H and O–H groups in total. The van der Waals surface area contributed by atoms with Crippen LogP contribution in [-0.2, 0) is 13.6 Å². The zero-order valence-electron chi connectivity index (χ0n) is 10.4. The first-order valence-corrected chi connectivity index (χ1v) is 5.81. The van der Waals surface area contributed by atoms with Crippen molar-refractivity contribution in [3.05, 3.63) is 17.5 Å². The molecule has 0 amide bonds. The van der Waals surface area contributed by atoms with Crippen molar-refractivity contribution in [3.63, 3.8) is 0 Å². The number of aryl methyl sites for hydroxylation is 2. The molecule has 1 aliphatic heterocycles. The van der Waals surface area contributed by atoms with Gasteiger partial charge in [0.25, 0.3) is 0 Å². The first kappa shape index (κ1) is 11.6. The predicted molar refractivity (Wildman–Crippen MR) is 63.9 cm³/mol. The molecule has 1 aliphatic rings. The summed E-state index contributed by atoms with van der Waals surface area (Å²) in [5, 5.41) is 6.63. The fourth-order valence-electron chi connectivity index (χ4n) is 1.99. The summed E-state index contributed by atoms with van der Waals surface area (Å²) in [6.45, 7) is 7.34. The van der Waals surface area contributed by atoms with Crippen molar-refractivity contribution in [1.29, 1.82) is 0 Å². The molecule has 0 atom stereocenters. The van der Waals surface area contributed by atoms with Crippen molar-refractivity contribution in [2.24, 2.45) is 7.05 Å². The largest absolute Gasteiger partial charge is 0.304 e. The normalized spacial score (nSPS) is 19.2. The summed E-state index contributed by atoms with van der Waals surface area (Å²) in [5.74, 6) is 0. The van der Waals surface area contributed by atoms with E-state index in [0.717, 1.165) is 38.4 Å². The van der Waals surface area contributed by atoms with Crippen LogP contribution >= 0.6 is 0 Å². The summed E-state index contributed by atoms with van der Waals surface area (Å²) in [6.07, 6.45) is 0. The molecule has 90 valence electrons. The van der Waals surface area contributed by atoms with Gasteiger partial charge in [0.1, 0.15) is 0 Å². The van der Waals surface area contributed by atoms with Crippen LogP contribution in [0.5, 0.6) is 0 Å². The zero-order valence-corrected chi connectivity index (χ0v) is 10.4. The van der Waals surface area contributed by atoms with Crippen LogP contribution in [0.1, 0.15) is 11.4 Å². The molecule has 5 heteroatoms. The van der Waals surface area contributed by atoms with Crippen molar-refractivity contribution >= 4 is 0 Å². The molecule has 1 aromatic heterocycles. The molecule has 1 fully saturated rings. The summed E-state index contributed by atoms with van der Waals surface area (Å²) in [5.41, 5.74) is 5.77. The Hall–Kier alpha value is -0.910. The van der Waals surface area contributed by atoms with Gasteiger partial charge in [-0.05, 0) is 20.0 Å². The first-order valence-electron chi connectivity index (χ1n) is 5.81. The molecule has 0 aliphatic carbocycles. The van der Waals surface area contributed by atoms with Gasteiger partial charge in [-0.15, -0.1) is 0 Å². The number of hydrogen-bond donors (Lipinski definition) is 1. The van der Waals surface area contributed by atoms with E-state index < -0.39 is 0 Å². The third-order valence-electron chi connectivity index (χ3n) is 3.09. The number of likely N-dealkylation sites (N-methyl/N-ethyl adjacent to an activating group) is 1. The number of hydrazine groups is 1. The molecule has 16 heavy (non-hydrogen) atoms. The van der Waals surface area contributed by atoms with E-state index in [1.165, 1.54) is 5.69 Å². The maximum atomic E-state index is 4.34. The van der Waals surface area contributed by atoms with Crippen LogP contribution in [0.3, 0.4) is 0 Å². The Morgan fingerprint density at radius 3 is 2.50 bits per heavy atom. The van der Waals surface area contributed by atoms with E-state index in [2.05, 4.69) is 33.5 Å². The molecule has 5 nitrogen and oxygen atoms in total.